The molecule has 0 unspecified atom stereocenters. The molecule has 0 saturated heterocycles. The SMILES string of the molecule is C1=C(n2c3ccccc3c3cc4c5ccccc5n5c6cc7ccccc7cc6c(c32)c45)\N=C(\c2ccc3c4ccccc4n(-c4ccccc4)c3c2)c2ccccc2CC/1. The topological polar surface area (TPSA) is 26.6 Å². The number of aliphatic imine (C=N–C) groups is 1. The number of fused-ring (bicyclic) bond motifs is 15. The molecule has 9 aromatic carbocycles. The van der Waals surface area contributed by atoms with Crippen molar-refractivity contribution < 1.29 is 0 Å². The fourth-order valence-corrected chi connectivity index (χ4v) is 10.8. The molecule has 4 aromatic heterocycles. The van der Waals surface area contributed by atoms with Crippen LogP contribution in [0.2, 0.25) is 0 Å². The smallest absolute Gasteiger partial charge is 0.134 e. The predicted molar refractivity (Wildman–Crippen MR) is 257 cm³/mol. The van der Waals surface area contributed by atoms with E-state index in [1.54, 1.807) is 0 Å². The van der Waals surface area contributed by atoms with E-state index >= 15 is 0 Å². The number of aromatic nitrogens is 3. The minimum atomic E-state index is 0.872. The summed E-state index contributed by atoms with van der Waals surface area (Å²) in [5.74, 6) is 0.951. The standard InChI is InChI=1S/C57H36N4/c1-2-19-39(20-3-1)59-48-25-11-8-22-41(48)44-30-29-38(33-51(44)59)55-40-21-7-6-15-35(40)18-14-28-53(58-55)61-50-27-13-10-24-43(50)46-34-45-42-23-9-12-26-49(42)60-52-32-37-17-5-4-16-36(37)31-47(52)54(56(45)60)57(46)61/h1-13,15-17,19-34H,14,18H2/b53-28+,58-55-. The molecule has 0 spiro atoms. The van der Waals surface area contributed by atoms with Gasteiger partial charge in [0.05, 0.1) is 44.3 Å². The normalized spacial score (nSPS) is 15.3. The summed E-state index contributed by atoms with van der Waals surface area (Å²) in [6.07, 6.45) is 4.17. The molecule has 5 heterocycles. The molecule has 1 aliphatic rings. The first-order valence-corrected chi connectivity index (χ1v) is 21.3. The molecule has 0 amide bonds. The van der Waals surface area contributed by atoms with Crippen molar-refractivity contribution in [3.8, 4) is 5.69 Å². The number of allylic oxidation sites excluding steroid dienone is 1. The highest BCUT2D eigenvalue weighted by atomic mass is 15.1. The Morgan fingerprint density at radius 1 is 0.410 bits per heavy atom. The van der Waals surface area contributed by atoms with E-state index in [9.17, 15) is 0 Å². The van der Waals surface area contributed by atoms with Crippen LogP contribution in [0.4, 0.5) is 0 Å². The molecule has 13 aromatic rings. The van der Waals surface area contributed by atoms with Crippen molar-refractivity contribution >= 4 is 104 Å². The van der Waals surface area contributed by atoms with Crippen molar-refractivity contribution in [1.29, 1.82) is 0 Å². The maximum absolute atomic E-state index is 5.90. The van der Waals surface area contributed by atoms with Crippen LogP contribution < -0.4 is 0 Å². The number of nitrogens with zero attached hydrogens (tertiary/aromatic N) is 4. The summed E-state index contributed by atoms with van der Waals surface area (Å²) in [6, 6.07) is 69.2. The van der Waals surface area contributed by atoms with Crippen LogP contribution in [0, 0.1) is 0 Å². The summed E-state index contributed by atoms with van der Waals surface area (Å²) in [6.45, 7) is 0. The molecule has 14 rings (SSSR count). The van der Waals surface area contributed by atoms with Crippen molar-refractivity contribution in [2.45, 2.75) is 12.8 Å². The van der Waals surface area contributed by atoms with Gasteiger partial charge in [0.25, 0.3) is 0 Å². The molecule has 1 aliphatic heterocycles. The highest BCUT2D eigenvalue weighted by Crippen LogP contribution is 2.47. The van der Waals surface area contributed by atoms with Gasteiger partial charge in [0.1, 0.15) is 5.82 Å². The lowest BCUT2D eigenvalue weighted by Crippen LogP contribution is -2.11. The Kier molecular flexibility index (Phi) is 6.64. The second-order valence-corrected chi connectivity index (χ2v) is 16.6. The molecule has 0 radical (unpaired) electrons. The zero-order chi connectivity index (χ0) is 39.8. The molecule has 0 aliphatic carbocycles. The lowest BCUT2D eigenvalue weighted by Gasteiger charge is -2.18. The summed E-state index contributed by atoms with van der Waals surface area (Å²) in [5.41, 5.74) is 14.2. The first-order chi connectivity index (χ1) is 30.3. The van der Waals surface area contributed by atoms with Crippen LogP contribution >= 0.6 is 0 Å². The van der Waals surface area contributed by atoms with Gasteiger partial charge in [-0.3, -0.25) is 4.57 Å². The van der Waals surface area contributed by atoms with E-state index in [0.29, 0.717) is 0 Å². The molecule has 0 fully saturated rings. The van der Waals surface area contributed by atoms with E-state index in [2.05, 4.69) is 208 Å². The van der Waals surface area contributed by atoms with Crippen molar-refractivity contribution in [2.24, 2.45) is 4.99 Å². The summed E-state index contributed by atoms with van der Waals surface area (Å²) < 4.78 is 7.40. The van der Waals surface area contributed by atoms with Crippen LogP contribution in [-0.4, -0.2) is 19.2 Å². The Labute approximate surface area is 350 Å². The van der Waals surface area contributed by atoms with Crippen molar-refractivity contribution in [2.75, 3.05) is 0 Å². The average Bonchev–Trinajstić information content (AvgIpc) is 4.03. The Balaban J connectivity index is 1.11. The predicted octanol–water partition coefficient (Wildman–Crippen LogP) is 14.5. The zero-order valence-electron chi connectivity index (χ0n) is 33.2. The number of aryl methyl sites for hydroxylation is 1. The number of rotatable bonds is 3. The van der Waals surface area contributed by atoms with E-state index in [1.807, 2.05) is 0 Å². The molecule has 61 heavy (non-hydrogen) atoms. The molecule has 4 nitrogen and oxygen atoms in total. The minimum Gasteiger partial charge on any atom is -0.309 e. The fourth-order valence-electron chi connectivity index (χ4n) is 10.8. The summed E-state index contributed by atoms with van der Waals surface area (Å²) >= 11 is 0. The van der Waals surface area contributed by atoms with Gasteiger partial charge in [-0.25, -0.2) is 4.99 Å². The largest absolute Gasteiger partial charge is 0.309 e. The van der Waals surface area contributed by atoms with Crippen molar-refractivity contribution in [3.63, 3.8) is 0 Å². The summed E-state index contributed by atoms with van der Waals surface area (Å²) in [5, 5.41) is 12.5. The van der Waals surface area contributed by atoms with Crippen LogP contribution in [-0.2, 0) is 6.42 Å². The maximum atomic E-state index is 5.90. The van der Waals surface area contributed by atoms with E-state index in [0.717, 1.165) is 41.1 Å². The molecule has 0 N–H and O–H groups in total. The first kappa shape index (κ1) is 32.9. The Morgan fingerprint density at radius 3 is 1.85 bits per heavy atom. The number of benzene rings is 9. The maximum Gasteiger partial charge on any atom is 0.134 e. The van der Waals surface area contributed by atoms with Gasteiger partial charge < -0.3 is 8.97 Å². The molecule has 0 saturated carbocycles. The highest BCUT2D eigenvalue weighted by molar-refractivity contribution is 6.35. The number of para-hydroxylation sites is 4. The summed E-state index contributed by atoms with van der Waals surface area (Å²) in [7, 11) is 0. The van der Waals surface area contributed by atoms with Crippen LogP contribution in [0.15, 0.2) is 199 Å². The monoisotopic (exact) mass is 776 g/mol. The van der Waals surface area contributed by atoms with E-state index < -0.39 is 0 Å². The third-order valence-electron chi connectivity index (χ3n) is 13.4. The van der Waals surface area contributed by atoms with Gasteiger partial charge in [-0.2, -0.15) is 0 Å². The van der Waals surface area contributed by atoms with Gasteiger partial charge in [-0.05, 0) is 89.9 Å². The Hall–Kier alpha value is -7.95. The lowest BCUT2D eigenvalue weighted by molar-refractivity contribution is 0.978. The fraction of sp³-hybridized carbons (Fsp3) is 0.0351. The van der Waals surface area contributed by atoms with Crippen LogP contribution in [0.3, 0.4) is 0 Å². The van der Waals surface area contributed by atoms with Crippen molar-refractivity contribution in [3.05, 3.63) is 211 Å². The van der Waals surface area contributed by atoms with Crippen LogP contribution in [0.1, 0.15) is 23.1 Å². The second kappa shape index (κ2) is 12.3. The second-order valence-electron chi connectivity index (χ2n) is 16.6. The molecule has 0 atom stereocenters. The van der Waals surface area contributed by atoms with Gasteiger partial charge in [0, 0.05) is 59.9 Å². The van der Waals surface area contributed by atoms with E-state index in [4.69, 9.17) is 4.99 Å². The van der Waals surface area contributed by atoms with Crippen LogP contribution in [0.25, 0.3) is 104 Å². The van der Waals surface area contributed by atoms with Crippen LogP contribution in [0.5, 0.6) is 0 Å². The zero-order valence-corrected chi connectivity index (χ0v) is 33.2. The van der Waals surface area contributed by atoms with Gasteiger partial charge >= 0.3 is 0 Å². The molecule has 4 heteroatoms. The lowest BCUT2D eigenvalue weighted by atomic mass is 9.93. The highest BCUT2D eigenvalue weighted by Gasteiger charge is 2.26. The average molecular weight is 777 g/mol. The van der Waals surface area contributed by atoms with Gasteiger partial charge in [0.15, 0.2) is 0 Å². The Morgan fingerprint density at radius 2 is 1.03 bits per heavy atom. The first-order valence-electron chi connectivity index (χ1n) is 21.3. The third-order valence-corrected chi connectivity index (χ3v) is 13.4. The van der Waals surface area contributed by atoms with Gasteiger partial charge in [0.2, 0.25) is 0 Å². The van der Waals surface area contributed by atoms with Gasteiger partial charge in [-0.1, -0.05) is 133 Å². The molecule has 284 valence electrons. The van der Waals surface area contributed by atoms with Gasteiger partial charge in [-0.15, -0.1) is 0 Å². The molecule has 0 bridgehead atoms. The third kappa shape index (κ3) is 4.51. The Bertz CT molecular complexity index is 4040. The number of hydrogen-bond donors (Lipinski definition) is 0. The summed E-state index contributed by atoms with van der Waals surface area (Å²) in [4.78, 5) is 5.90. The molecular formula is C57H36N4. The number of hydrogen-bond acceptors (Lipinski definition) is 1. The minimum absolute atomic E-state index is 0.872. The molecular weight excluding hydrogens is 741 g/mol. The van der Waals surface area contributed by atoms with E-state index in [1.165, 1.54) is 98.1 Å². The van der Waals surface area contributed by atoms with Crippen molar-refractivity contribution in [1.82, 2.24) is 13.5 Å². The van der Waals surface area contributed by atoms with E-state index in [-0.39, 0.29) is 0 Å². The quantitative estimate of drug-likeness (QED) is 0.171.